The minimum absolute atomic E-state index is 0.310. The normalized spacial score (nSPS) is 14.2. The number of aryl methyl sites for hydroxylation is 1. The molecule has 2 nitrogen and oxygen atoms in total. The van der Waals surface area contributed by atoms with Crippen LogP contribution in [-0.4, -0.2) is 6.04 Å². The lowest BCUT2D eigenvalue weighted by Gasteiger charge is -2.14. The van der Waals surface area contributed by atoms with Gasteiger partial charge in [-0.1, -0.05) is 12.1 Å². The van der Waals surface area contributed by atoms with Gasteiger partial charge in [-0.15, -0.1) is 0 Å². The van der Waals surface area contributed by atoms with Crippen molar-refractivity contribution in [2.24, 2.45) is 0 Å². The Bertz CT molecular complexity index is 653. The van der Waals surface area contributed by atoms with Crippen LogP contribution in [0.4, 0.5) is 8.78 Å². The molecule has 1 saturated carbocycles. The second-order valence-corrected chi connectivity index (χ2v) is 5.38. The van der Waals surface area contributed by atoms with Gasteiger partial charge in [0.15, 0.2) is 0 Å². The molecule has 0 aliphatic heterocycles. The van der Waals surface area contributed by atoms with Gasteiger partial charge in [0, 0.05) is 24.2 Å². The van der Waals surface area contributed by atoms with Crippen LogP contribution in [0, 0.1) is 18.6 Å². The van der Waals surface area contributed by atoms with Crippen LogP contribution < -0.4 is 10.1 Å². The van der Waals surface area contributed by atoms with Gasteiger partial charge in [0.2, 0.25) is 0 Å². The van der Waals surface area contributed by atoms with Crippen molar-refractivity contribution >= 4 is 0 Å². The maximum Gasteiger partial charge on any atom is 0.134 e. The molecular weight excluding hydrogens is 272 g/mol. The summed E-state index contributed by atoms with van der Waals surface area (Å²) in [7, 11) is 0. The lowest BCUT2D eigenvalue weighted by atomic mass is 10.1. The highest BCUT2D eigenvalue weighted by Gasteiger charge is 2.22. The minimum atomic E-state index is -0.371. The monoisotopic (exact) mass is 289 g/mol. The van der Waals surface area contributed by atoms with Gasteiger partial charge in [-0.3, -0.25) is 0 Å². The average molecular weight is 289 g/mol. The molecule has 1 aliphatic carbocycles. The first kappa shape index (κ1) is 14.0. The third kappa shape index (κ3) is 3.39. The highest BCUT2D eigenvalue weighted by molar-refractivity contribution is 5.41. The Labute approximate surface area is 122 Å². The van der Waals surface area contributed by atoms with Gasteiger partial charge in [-0.25, -0.2) is 8.78 Å². The van der Waals surface area contributed by atoms with E-state index in [0.717, 1.165) is 18.4 Å². The quantitative estimate of drug-likeness (QED) is 0.885. The summed E-state index contributed by atoms with van der Waals surface area (Å²) in [5.41, 5.74) is 1.29. The molecule has 0 aromatic heterocycles. The minimum Gasteiger partial charge on any atom is -0.457 e. The van der Waals surface area contributed by atoms with Crippen molar-refractivity contribution in [3.63, 3.8) is 0 Å². The van der Waals surface area contributed by atoms with Crippen molar-refractivity contribution in [2.45, 2.75) is 32.4 Å². The van der Waals surface area contributed by atoms with Crippen LogP contribution in [0.1, 0.15) is 24.0 Å². The number of benzene rings is 2. The molecule has 1 aliphatic rings. The first-order chi connectivity index (χ1) is 10.1. The van der Waals surface area contributed by atoms with Crippen molar-refractivity contribution in [1.82, 2.24) is 5.32 Å². The maximum atomic E-state index is 14.0. The van der Waals surface area contributed by atoms with Crippen LogP contribution in [0.15, 0.2) is 36.4 Å². The van der Waals surface area contributed by atoms with Gasteiger partial charge < -0.3 is 10.1 Å². The van der Waals surface area contributed by atoms with Crippen LogP contribution in [0.2, 0.25) is 0 Å². The van der Waals surface area contributed by atoms with Crippen molar-refractivity contribution < 1.29 is 13.5 Å². The molecule has 1 N–H and O–H groups in total. The largest absolute Gasteiger partial charge is 0.457 e. The highest BCUT2D eigenvalue weighted by atomic mass is 19.1. The average Bonchev–Trinajstić information content (AvgIpc) is 3.26. The molecular formula is C17H17F2NO. The van der Waals surface area contributed by atoms with E-state index in [0.29, 0.717) is 29.6 Å². The Hall–Kier alpha value is -1.94. The molecule has 2 aromatic carbocycles. The summed E-state index contributed by atoms with van der Waals surface area (Å²) in [6.45, 7) is 2.25. The molecule has 0 atom stereocenters. The van der Waals surface area contributed by atoms with Crippen molar-refractivity contribution in [3.05, 3.63) is 59.2 Å². The van der Waals surface area contributed by atoms with Crippen LogP contribution in [0.25, 0.3) is 0 Å². The number of rotatable bonds is 5. The van der Waals surface area contributed by atoms with E-state index >= 15 is 0 Å². The second kappa shape index (κ2) is 5.82. The molecule has 0 saturated heterocycles. The first-order valence-corrected chi connectivity index (χ1v) is 7.08. The van der Waals surface area contributed by atoms with Gasteiger partial charge in [-0.05, 0) is 43.5 Å². The number of hydrogen-bond donors (Lipinski definition) is 1. The summed E-state index contributed by atoms with van der Waals surface area (Å²) < 4.78 is 33.1. The summed E-state index contributed by atoms with van der Waals surface area (Å²) in [6.07, 6.45) is 2.27. The fourth-order valence-electron chi connectivity index (χ4n) is 2.14. The van der Waals surface area contributed by atoms with Crippen LogP contribution in [0.3, 0.4) is 0 Å². The topological polar surface area (TPSA) is 21.3 Å². The van der Waals surface area contributed by atoms with E-state index in [2.05, 4.69) is 5.32 Å². The van der Waals surface area contributed by atoms with E-state index in [4.69, 9.17) is 4.74 Å². The molecule has 0 heterocycles. The van der Waals surface area contributed by atoms with E-state index in [1.165, 1.54) is 18.2 Å². The van der Waals surface area contributed by atoms with Crippen molar-refractivity contribution in [1.29, 1.82) is 0 Å². The van der Waals surface area contributed by atoms with Gasteiger partial charge in [-0.2, -0.15) is 0 Å². The van der Waals surface area contributed by atoms with Crippen molar-refractivity contribution in [3.8, 4) is 11.5 Å². The van der Waals surface area contributed by atoms with Gasteiger partial charge in [0.1, 0.15) is 23.1 Å². The maximum absolute atomic E-state index is 14.0. The van der Waals surface area contributed by atoms with Gasteiger partial charge in [0.05, 0.1) is 0 Å². The zero-order chi connectivity index (χ0) is 14.8. The Morgan fingerprint density at radius 1 is 1.14 bits per heavy atom. The third-order valence-corrected chi connectivity index (χ3v) is 3.59. The first-order valence-electron chi connectivity index (χ1n) is 7.08. The second-order valence-electron chi connectivity index (χ2n) is 5.38. The summed E-state index contributed by atoms with van der Waals surface area (Å²) in [5, 5.41) is 3.27. The predicted octanol–water partition coefficient (Wildman–Crippen LogP) is 4.32. The molecule has 0 unspecified atom stereocenters. The summed E-state index contributed by atoms with van der Waals surface area (Å²) in [5.74, 6) is 0.157. The highest BCUT2D eigenvalue weighted by Crippen LogP contribution is 2.30. The number of ether oxygens (including phenoxy) is 1. The Kier molecular flexibility index (Phi) is 3.88. The summed E-state index contributed by atoms with van der Waals surface area (Å²) in [6, 6.07) is 9.54. The molecule has 21 heavy (non-hydrogen) atoms. The Balaban J connectivity index is 1.86. The summed E-state index contributed by atoms with van der Waals surface area (Å²) >= 11 is 0. The molecule has 1 fully saturated rings. The van der Waals surface area contributed by atoms with Crippen molar-refractivity contribution in [2.75, 3.05) is 0 Å². The van der Waals surface area contributed by atoms with Crippen LogP contribution in [-0.2, 0) is 6.54 Å². The standard InChI is InChI=1S/C17H17F2NO/c1-11-5-6-12(18)9-17(11)21-16-4-2-3-15(19)14(16)10-20-13-7-8-13/h2-6,9,13,20H,7-8,10H2,1H3. The lowest BCUT2D eigenvalue weighted by molar-refractivity contribution is 0.454. The van der Waals surface area contributed by atoms with E-state index < -0.39 is 0 Å². The number of hydrogen-bond acceptors (Lipinski definition) is 2. The third-order valence-electron chi connectivity index (χ3n) is 3.59. The Morgan fingerprint density at radius 2 is 1.95 bits per heavy atom. The van der Waals surface area contributed by atoms with Crippen LogP contribution >= 0.6 is 0 Å². The molecule has 110 valence electrons. The van der Waals surface area contributed by atoms with Gasteiger partial charge >= 0.3 is 0 Å². The molecule has 2 aromatic rings. The molecule has 0 bridgehead atoms. The molecule has 0 spiro atoms. The van der Waals surface area contributed by atoms with E-state index in [9.17, 15) is 8.78 Å². The molecule has 0 amide bonds. The zero-order valence-electron chi connectivity index (χ0n) is 11.8. The molecule has 0 radical (unpaired) electrons. The van der Waals surface area contributed by atoms with Gasteiger partial charge in [0.25, 0.3) is 0 Å². The SMILES string of the molecule is Cc1ccc(F)cc1Oc1cccc(F)c1CNC1CC1. The number of nitrogens with one attached hydrogen (secondary N) is 1. The Morgan fingerprint density at radius 3 is 2.71 bits per heavy atom. The van der Waals surface area contributed by atoms with E-state index in [1.54, 1.807) is 18.2 Å². The lowest BCUT2D eigenvalue weighted by Crippen LogP contribution is -2.16. The fourth-order valence-corrected chi connectivity index (χ4v) is 2.14. The summed E-state index contributed by atoms with van der Waals surface area (Å²) in [4.78, 5) is 0. The molecule has 4 heteroatoms. The molecule has 3 rings (SSSR count). The predicted molar refractivity (Wildman–Crippen MR) is 77.5 cm³/mol. The smallest absolute Gasteiger partial charge is 0.134 e. The van der Waals surface area contributed by atoms with E-state index in [-0.39, 0.29) is 11.6 Å². The zero-order valence-corrected chi connectivity index (χ0v) is 11.8. The van der Waals surface area contributed by atoms with E-state index in [1.807, 2.05) is 6.92 Å². The fraction of sp³-hybridized carbons (Fsp3) is 0.294. The van der Waals surface area contributed by atoms with Crippen LogP contribution in [0.5, 0.6) is 11.5 Å². The number of halogens is 2.